The number of benzene rings is 3. The van der Waals surface area contributed by atoms with Crippen LogP contribution in [-0.4, -0.2) is 48.7 Å². The van der Waals surface area contributed by atoms with Crippen molar-refractivity contribution in [1.82, 2.24) is 9.47 Å². The Bertz CT molecular complexity index is 1430. The van der Waals surface area contributed by atoms with Gasteiger partial charge in [0.15, 0.2) is 0 Å². The lowest BCUT2D eigenvalue weighted by molar-refractivity contribution is -0.119. The zero-order chi connectivity index (χ0) is 25.2. The normalized spacial score (nSPS) is 17.2. The minimum Gasteiger partial charge on any atom is -0.497 e. The van der Waals surface area contributed by atoms with E-state index in [0.29, 0.717) is 30.2 Å². The summed E-state index contributed by atoms with van der Waals surface area (Å²) in [5.41, 5.74) is 3.86. The molecule has 2 amide bonds. The number of hydrogen-bond donors (Lipinski definition) is 1. The van der Waals surface area contributed by atoms with Crippen LogP contribution in [0.25, 0.3) is 10.9 Å². The van der Waals surface area contributed by atoms with Crippen molar-refractivity contribution in [3.63, 3.8) is 0 Å². The Morgan fingerprint density at radius 2 is 1.75 bits per heavy atom. The number of nitrogens with one attached hydrogen (secondary N) is 1. The Morgan fingerprint density at radius 3 is 2.56 bits per heavy atom. The summed E-state index contributed by atoms with van der Waals surface area (Å²) in [6.07, 6.45) is 2.03. The lowest BCUT2D eigenvalue weighted by atomic mass is 9.79. The van der Waals surface area contributed by atoms with Gasteiger partial charge in [0.1, 0.15) is 5.75 Å². The molecule has 2 atom stereocenters. The summed E-state index contributed by atoms with van der Waals surface area (Å²) in [6, 6.07) is 22.2. The van der Waals surface area contributed by atoms with Gasteiger partial charge in [-0.25, -0.2) is 0 Å². The predicted molar refractivity (Wildman–Crippen MR) is 139 cm³/mol. The molecule has 7 nitrogen and oxygen atoms in total. The molecule has 36 heavy (non-hydrogen) atoms. The summed E-state index contributed by atoms with van der Waals surface area (Å²) in [5, 5.41) is 4.09. The topological polar surface area (TPSA) is 72.8 Å². The summed E-state index contributed by atoms with van der Waals surface area (Å²) < 4.78 is 12.7. The number of para-hydroxylation sites is 1. The number of carbonyl (C=O) groups excluding carboxylic acids is 2. The quantitative estimate of drug-likeness (QED) is 0.412. The first-order chi connectivity index (χ1) is 17.5. The number of anilines is 1. The molecule has 0 bridgehead atoms. The Kier molecular flexibility index (Phi) is 6.48. The van der Waals surface area contributed by atoms with E-state index in [4.69, 9.17) is 9.47 Å². The zero-order valence-corrected chi connectivity index (χ0v) is 20.6. The van der Waals surface area contributed by atoms with Gasteiger partial charge in [0.2, 0.25) is 5.91 Å². The molecular formula is C29H29N3O4. The van der Waals surface area contributed by atoms with Crippen LogP contribution in [0, 0.1) is 0 Å². The third-order valence-corrected chi connectivity index (χ3v) is 6.84. The van der Waals surface area contributed by atoms with Crippen LogP contribution in [0.15, 0.2) is 79.0 Å². The molecule has 4 aromatic rings. The molecule has 0 saturated carbocycles. The van der Waals surface area contributed by atoms with E-state index >= 15 is 0 Å². The predicted octanol–water partition coefficient (Wildman–Crippen LogP) is 4.75. The number of carbonyl (C=O) groups is 2. The van der Waals surface area contributed by atoms with Gasteiger partial charge in [0.25, 0.3) is 5.91 Å². The molecule has 1 aliphatic heterocycles. The van der Waals surface area contributed by atoms with E-state index in [1.165, 1.54) is 0 Å². The molecule has 1 aliphatic rings. The first kappa shape index (κ1) is 23.6. The molecular weight excluding hydrogens is 454 g/mol. The summed E-state index contributed by atoms with van der Waals surface area (Å²) in [6.45, 7) is 0.722. The second-order valence-electron chi connectivity index (χ2n) is 8.93. The third-order valence-electron chi connectivity index (χ3n) is 6.84. The van der Waals surface area contributed by atoms with Crippen molar-refractivity contribution in [2.75, 3.05) is 32.7 Å². The van der Waals surface area contributed by atoms with Crippen molar-refractivity contribution in [3.05, 3.63) is 95.7 Å². The van der Waals surface area contributed by atoms with Crippen LogP contribution in [0.5, 0.6) is 5.75 Å². The molecule has 0 fully saturated rings. The van der Waals surface area contributed by atoms with Gasteiger partial charge in [-0.1, -0.05) is 42.5 Å². The second-order valence-corrected chi connectivity index (χ2v) is 8.93. The average Bonchev–Trinajstić information content (AvgIpc) is 3.24. The number of rotatable bonds is 7. The average molecular weight is 484 g/mol. The van der Waals surface area contributed by atoms with Crippen molar-refractivity contribution < 1.29 is 19.1 Å². The maximum Gasteiger partial charge on any atom is 0.254 e. The molecule has 0 spiro atoms. The molecule has 7 heteroatoms. The second kappa shape index (κ2) is 9.87. The van der Waals surface area contributed by atoms with Crippen LogP contribution >= 0.6 is 0 Å². The number of methoxy groups -OCH3 is 2. The Labute approximate surface area is 210 Å². The van der Waals surface area contributed by atoms with Crippen LogP contribution in [0.2, 0.25) is 0 Å². The highest BCUT2D eigenvalue weighted by Crippen LogP contribution is 2.45. The zero-order valence-electron chi connectivity index (χ0n) is 20.6. The van der Waals surface area contributed by atoms with E-state index in [-0.39, 0.29) is 11.8 Å². The van der Waals surface area contributed by atoms with E-state index in [0.717, 1.165) is 22.0 Å². The highest BCUT2D eigenvalue weighted by molar-refractivity contribution is 6.05. The fourth-order valence-corrected chi connectivity index (χ4v) is 5.19. The van der Waals surface area contributed by atoms with E-state index in [9.17, 15) is 9.59 Å². The van der Waals surface area contributed by atoms with Crippen molar-refractivity contribution in [2.45, 2.75) is 12.0 Å². The molecule has 1 N–H and O–H groups in total. The number of aromatic nitrogens is 1. The van der Waals surface area contributed by atoms with Crippen LogP contribution in [0.1, 0.15) is 33.4 Å². The van der Waals surface area contributed by atoms with Crippen molar-refractivity contribution >= 4 is 28.4 Å². The van der Waals surface area contributed by atoms with Crippen molar-refractivity contribution in [1.29, 1.82) is 0 Å². The summed E-state index contributed by atoms with van der Waals surface area (Å²) in [5.74, 6) is -0.276. The van der Waals surface area contributed by atoms with Crippen LogP contribution in [-0.2, 0) is 16.6 Å². The van der Waals surface area contributed by atoms with E-state index in [2.05, 4.69) is 5.32 Å². The number of fused-ring (bicyclic) bond motifs is 2. The Balaban J connectivity index is 1.68. The first-order valence-electron chi connectivity index (χ1n) is 11.9. The van der Waals surface area contributed by atoms with Gasteiger partial charge < -0.3 is 24.3 Å². The van der Waals surface area contributed by atoms with Gasteiger partial charge >= 0.3 is 0 Å². The SMILES string of the molecule is COCCN1C(=O)c2ccccc2[C@@H](C(=O)Nc2cccc(OC)c2)[C@@H]1c1cn(C)c2ccccc12. The standard InChI is InChI=1S/C29H29N3O4/c1-31-18-24(21-11-6-7-14-25(21)31)27-26(28(33)30-19-9-8-10-20(17-19)36-3)22-12-4-5-13-23(22)29(34)32(27)15-16-35-2/h4-14,17-18,26-27H,15-16H2,1-3H3,(H,30,33)/t26-,27+/m1/s1. The fraction of sp³-hybridized carbons (Fsp3) is 0.241. The molecule has 2 heterocycles. The lowest BCUT2D eigenvalue weighted by Gasteiger charge is -2.41. The fourth-order valence-electron chi connectivity index (χ4n) is 5.19. The largest absolute Gasteiger partial charge is 0.497 e. The van der Waals surface area contributed by atoms with Crippen molar-refractivity contribution in [2.24, 2.45) is 7.05 Å². The van der Waals surface area contributed by atoms with Crippen LogP contribution in [0.3, 0.4) is 0 Å². The highest BCUT2D eigenvalue weighted by Gasteiger charge is 2.45. The smallest absolute Gasteiger partial charge is 0.254 e. The summed E-state index contributed by atoms with van der Waals surface area (Å²) >= 11 is 0. The van der Waals surface area contributed by atoms with Gasteiger partial charge in [-0.3, -0.25) is 9.59 Å². The minimum atomic E-state index is -0.632. The molecule has 0 aliphatic carbocycles. The lowest BCUT2D eigenvalue weighted by Crippen LogP contribution is -2.47. The number of hydrogen-bond acceptors (Lipinski definition) is 4. The van der Waals surface area contributed by atoms with Gasteiger partial charge in [-0.15, -0.1) is 0 Å². The van der Waals surface area contributed by atoms with E-state index in [1.807, 2.05) is 78.5 Å². The highest BCUT2D eigenvalue weighted by atomic mass is 16.5. The van der Waals surface area contributed by atoms with Gasteiger partial charge in [-0.05, 0) is 29.8 Å². The molecule has 0 radical (unpaired) electrons. The van der Waals surface area contributed by atoms with Gasteiger partial charge in [-0.2, -0.15) is 0 Å². The van der Waals surface area contributed by atoms with Crippen molar-refractivity contribution in [3.8, 4) is 5.75 Å². The number of amides is 2. The molecule has 5 rings (SSSR count). The first-order valence-corrected chi connectivity index (χ1v) is 11.9. The maximum atomic E-state index is 14.1. The third kappa shape index (κ3) is 4.12. The van der Waals surface area contributed by atoms with E-state index in [1.54, 1.807) is 31.3 Å². The molecule has 0 unspecified atom stereocenters. The molecule has 1 aromatic heterocycles. The number of nitrogens with zero attached hydrogens (tertiary/aromatic N) is 2. The molecule has 0 saturated heterocycles. The summed E-state index contributed by atoms with van der Waals surface area (Å²) in [7, 11) is 5.19. The molecule has 3 aromatic carbocycles. The van der Waals surface area contributed by atoms with Gasteiger partial charge in [0.05, 0.1) is 25.7 Å². The number of ether oxygens (including phenoxy) is 2. The molecule has 184 valence electrons. The number of aryl methyl sites for hydroxylation is 1. The minimum absolute atomic E-state index is 0.106. The summed E-state index contributed by atoms with van der Waals surface area (Å²) in [4.78, 5) is 29.6. The Hall–Kier alpha value is -4.10. The monoisotopic (exact) mass is 483 g/mol. The maximum absolute atomic E-state index is 14.1. The van der Waals surface area contributed by atoms with Gasteiger partial charge in [0, 0.05) is 60.7 Å². The van der Waals surface area contributed by atoms with Crippen LogP contribution < -0.4 is 10.1 Å². The van der Waals surface area contributed by atoms with E-state index < -0.39 is 12.0 Å². The van der Waals surface area contributed by atoms with Crippen LogP contribution in [0.4, 0.5) is 5.69 Å². The Morgan fingerprint density at radius 1 is 0.972 bits per heavy atom.